The molecular weight excluding hydrogens is 354 g/mol. The number of rotatable bonds is 3. The Morgan fingerprint density at radius 3 is 2.42 bits per heavy atom. The molecule has 2 aromatic carbocycles. The topological polar surface area (TPSA) is 66.8 Å². The van der Waals surface area contributed by atoms with Crippen LogP contribution in [0.1, 0.15) is 12.5 Å². The van der Waals surface area contributed by atoms with Gasteiger partial charge in [-0.15, -0.1) is 0 Å². The molecule has 5 nitrogen and oxygen atoms in total. The van der Waals surface area contributed by atoms with Gasteiger partial charge in [-0.25, -0.2) is 4.79 Å². The maximum atomic E-state index is 13.0. The van der Waals surface area contributed by atoms with Gasteiger partial charge in [0.15, 0.2) is 0 Å². The average molecular weight is 370 g/mol. The number of ether oxygens (including phenoxy) is 1. The second-order valence-corrected chi connectivity index (χ2v) is 6.12. The van der Waals surface area contributed by atoms with Crippen molar-refractivity contribution in [3.05, 3.63) is 76.0 Å². The van der Waals surface area contributed by atoms with Gasteiger partial charge in [0.25, 0.3) is 5.91 Å². The molecule has 0 atom stereocenters. The van der Waals surface area contributed by atoms with Gasteiger partial charge in [0.1, 0.15) is 5.75 Å². The Morgan fingerprint density at radius 2 is 1.81 bits per heavy atom. The van der Waals surface area contributed by atoms with Crippen LogP contribution in [-0.4, -0.2) is 24.1 Å². The highest BCUT2D eigenvalue weighted by Gasteiger charge is 2.38. The summed E-state index contributed by atoms with van der Waals surface area (Å²) in [7, 11) is 1.26. The second-order valence-electron chi connectivity index (χ2n) is 5.69. The molecule has 0 radical (unpaired) electrons. The number of phenolic OH excluding ortho intramolecular Hbond substituents is 1. The summed E-state index contributed by atoms with van der Waals surface area (Å²) in [5.41, 5.74) is 1.79. The van der Waals surface area contributed by atoms with E-state index in [2.05, 4.69) is 0 Å². The molecule has 0 fully saturated rings. The molecule has 0 aromatic heterocycles. The number of allylic oxidation sites excluding steroid dienone is 1. The molecule has 1 heterocycles. The van der Waals surface area contributed by atoms with Crippen LogP contribution in [0.3, 0.4) is 0 Å². The number of para-hydroxylation sites is 1. The predicted molar refractivity (Wildman–Crippen MR) is 99.7 cm³/mol. The minimum atomic E-state index is -0.617. The molecule has 1 N–H and O–H groups in total. The number of carbonyl (C=O) groups is 2. The van der Waals surface area contributed by atoms with E-state index in [1.165, 1.54) is 24.2 Å². The van der Waals surface area contributed by atoms with Gasteiger partial charge < -0.3 is 9.84 Å². The zero-order valence-electron chi connectivity index (χ0n) is 14.2. The lowest BCUT2D eigenvalue weighted by Crippen LogP contribution is -2.24. The lowest BCUT2D eigenvalue weighted by Gasteiger charge is -2.17. The van der Waals surface area contributed by atoms with E-state index in [9.17, 15) is 14.7 Å². The number of halogens is 1. The van der Waals surface area contributed by atoms with Crippen molar-refractivity contribution in [2.45, 2.75) is 6.92 Å². The Morgan fingerprint density at radius 1 is 1.15 bits per heavy atom. The summed E-state index contributed by atoms with van der Waals surface area (Å²) >= 11 is 5.92. The van der Waals surface area contributed by atoms with Crippen LogP contribution in [0.4, 0.5) is 5.69 Å². The molecule has 0 saturated heterocycles. The number of nitrogens with zero attached hydrogens (tertiary/aromatic N) is 1. The number of carbonyl (C=O) groups excluding carboxylic acids is 2. The lowest BCUT2D eigenvalue weighted by molar-refractivity contribution is -0.136. The average Bonchev–Trinajstić information content (AvgIpc) is 2.87. The van der Waals surface area contributed by atoms with Crippen molar-refractivity contribution >= 4 is 35.2 Å². The number of methoxy groups -OCH3 is 1. The van der Waals surface area contributed by atoms with Gasteiger partial charge in [-0.05, 0) is 43.3 Å². The summed E-state index contributed by atoms with van der Waals surface area (Å²) in [6, 6.07) is 13.3. The third kappa shape index (κ3) is 3.09. The fourth-order valence-corrected chi connectivity index (χ4v) is 2.97. The van der Waals surface area contributed by atoms with Gasteiger partial charge in [-0.3, -0.25) is 9.69 Å². The smallest absolute Gasteiger partial charge is 0.340 e. The van der Waals surface area contributed by atoms with Crippen LogP contribution in [0, 0.1) is 0 Å². The minimum Gasteiger partial charge on any atom is -0.507 e. The van der Waals surface area contributed by atoms with Crippen LogP contribution in [0.25, 0.3) is 6.08 Å². The van der Waals surface area contributed by atoms with Crippen molar-refractivity contribution in [3.63, 3.8) is 0 Å². The number of anilines is 1. The summed E-state index contributed by atoms with van der Waals surface area (Å²) in [4.78, 5) is 26.8. The fraction of sp³-hybridized carbons (Fsp3) is 0.100. The zero-order valence-corrected chi connectivity index (χ0v) is 14.9. The molecule has 6 heteroatoms. The maximum Gasteiger partial charge on any atom is 0.340 e. The highest BCUT2D eigenvalue weighted by Crippen LogP contribution is 2.36. The quantitative estimate of drug-likeness (QED) is 0.657. The number of esters is 1. The maximum absolute atomic E-state index is 13.0. The highest BCUT2D eigenvalue weighted by atomic mass is 35.5. The van der Waals surface area contributed by atoms with Crippen LogP contribution < -0.4 is 4.90 Å². The number of hydrogen-bond acceptors (Lipinski definition) is 4. The monoisotopic (exact) mass is 369 g/mol. The Balaban J connectivity index is 2.15. The van der Waals surface area contributed by atoms with Gasteiger partial charge in [0.2, 0.25) is 0 Å². The molecule has 26 heavy (non-hydrogen) atoms. The van der Waals surface area contributed by atoms with Crippen LogP contribution in [0.2, 0.25) is 5.02 Å². The first-order valence-electron chi connectivity index (χ1n) is 7.83. The van der Waals surface area contributed by atoms with Gasteiger partial charge in [-0.2, -0.15) is 0 Å². The van der Waals surface area contributed by atoms with E-state index >= 15 is 0 Å². The Kier molecular flexibility index (Phi) is 4.82. The van der Waals surface area contributed by atoms with E-state index in [0.29, 0.717) is 22.0 Å². The molecule has 0 saturated carbocycles. The van der Waals surface area contributed by atoms with Gasteiger partial charge in [0, 0.05) is 22.0 Å². The lowest BCUT2D eigenvalue weighted by atomic mass is 10.0. The fourth-order valence-electron chi connectivity index (χ4n) is 2.85. The number of benzene rings is 2. The third-order valence-corrected chi connectivity index (χ3v) is 4.36. The SMILES string of the molecule is COC(=O)C1=C(C)N(c2ccc(Cl)cc2)C(=O)C1=Cc1ccccc1O. The molecule has 1 aliphatic heterocycles. The van der Waals surface area contributed by atoms with Crippen LogP contribution in [0.15, 0.2) is 65.4 Å². The summed E-state index contributed by atoms with van der Waals surface area (Å²) < 4.78 is 4.85. The third-order valence-electron chi connectivity index (χ3n) is 4.11. The molecule has 0 unspecified atom stereocenters. The summed E-state index contributed by atoms with van der Waals surface area (Å²) in [6.45, 7) is 1.67. The van der Waals surface area contributed by atoms with Crippen molar-refractivity contribution in [3.8, 4) is 5.75 Å². The number of hydrogen-bond donors (Lipinski definition) is 1. The summed E-state index contributed by atoms with van der Waals surface area (Å²) in [5.74, 6) is -0.984. The second kappa shape index (κ2) is 7.06. The van der Waals surface area contributed by atoms with Gasteiger partial charge in [0.05, 0.1) is 18.3 Å². The van der Waals surface area contributed by atoms with E-state index in [4.69, 9.17) is 16.3 Å². The molecule has 1 aliphatic rings. The minimum absolute atomic E-state index is 0.0135. The molecule has 0 spiro atoms. The number of aromatic hydroxyl groups is 1. The molecule has 0 aliphatic carbocycles. The highest BCUT2D eigenvalue weighted by molar-refractivity contribution is 6.30. The first kappa shape index (κ1) is 17.8. The Hall–Kier alpha value is -3.05. The largest absolute Gasteiger partial charge is 0.507 e. The van der Waals surface area contributed by atoms with E-state index in [1.807, 2.05) is 0 Å². The predicted octanol–water partition coefficient (Wildman–Crippen LogP) is 3.92. The molecule has 132 valence electrons. The zero-order chi connectivity index (χ0) is 18.8. The van der Waals surface area contributed by atoms with E-state index in [1.54, 1.807) is 49.4 Å². The summed E-state index contributed by atoms with van der Waals surface area (Å²) in [5, 5.41) is 10.5. The molecule has 0 bridgehead atoms. The van der Waals surface area contributed by atoms with Crippen molar-refractivity contribution in [2.75, 3.05) is 12.0 Å². The van der Waals surface area contributed by atoms with Gasteiger partial charge in [-0.1, -0.05) is 29.8 Å². The van der Waals surface area contributed by atoms with Crippen LogP contribution in [0.5, 0.6) is 5.75 Å². The standard InChI is InChI=1S/C20H16ClNO4/c1-12-18(20(25)26-2)16(11-13-5-3-4-6-17(13)23)19(24)22(12)15-9-7-14(21)8-10-15/h3-11,23H,1-2H3. The Labute approximate surface area is 155 Å². The van der Waals surface area contributed by atoms with E-state index in [-0.39, 0.29) is 22.8 Å². The van der Waals surface area contributed by atoms with Crippen molar-refractivity contribution in [2.24, 2.45) is 0 Å². The van der Waals surface area contributed by atoms with Crippen molar-refractivity contribution in [1.82, 2.24) is 0 Å². The van der Waals surface area contributed by atoms with Crippen molar-refractivity contribution < 1.29 is 19.4 Å². The van der Waals surface area contributed by atoms with Gasteiger partial charge >= 0.3 is 5.97 Å². The first-order valence-corrected chi connectivity index (χ1v) is 8.21. The first-order chi connectivity index (χ1) is 12.4. The molecule has 2 aromatic rings. The number of phenols is 1. The van der Waals surface area contributed by atoms with Crippen LogP contribution in [-0.2, 0) is 14.3 Å². The number of amides is 1. The Bertz CT molecular complexity index is 945. The molecular formula is C20H16ClNO4. The molecule has 1 amide bonds. The van der Waals surface area contributed by atoms with E-state index < -0.39 is 5.97 Å². The molecule has 3 rings (SSSR count). The normalized spacial score (nSPS) is 15.7. The van der Waals surface area contributed by atoms with Crippen molar-refractivity contribution in [1.29, 1.82) is 0 Å². The van der Waals surface area contributed by atoms with E-state index in [0.717, 1.165) is 0 Å². The van der Waals surface area contributed by atoms with Crippen LogP contribution >= 0.6 is 11.6 Å². The summed E-state index contributed by atoms with van der Waals surface area (Å²) in [6.07, 6.45) is 1.49.